The molecule has 1 fully saturated rings. The molecule has 5 heteroatoms. The molecule has 0 spiro atoms. The maximum atomic E-state index is 12.2. The molecule has 1 saturated heterocycles. The van der Waals surface area contributed by atoms with Gasteiger partial charge in [-0.05, 0) is 64.3 Å². The molecule has 1 amide bonds. The predicted octanol–water partition coefficient (Wildman–Crippen LogP) is 5.33. The number of hydrogen-bond acceptors (Lipinski definition) is 3. The lowest BCUT2D eigenvalue weighted by molar-refractivity contribution is 0.0257. The molecule has 1 aromatic carbocycles. The van der Waals surface area contributed by atoms with Gasteiger partial charge in [-0.15, -0.1) is 11.8 Å². The fraction of sp³-hybridized carbons (Fsp3) is 0.588. The average molecular weight is 386 g/mol. The van der Waals surface area contributed by atoms with E-state index in [0.717, 1.165) is 36.8 Å². The first kappa shape index (κ1) is 17.7. The maximum absolute atomic E-state index is 12.2. The summed E-state index contributed by atoms with van der Waals surface area (Å²) in [6.45, 7) is 7.31. The van der Waals surface area contributed by atoms with Crippen molar-refractivity contribution in [3.05, 3.63) is 28.7 Å². The number of carbonyl (C=O) groups is 1. The fourth-order valence-corrected chi connectivity index (χ4v) is 3.85. The third-order valence-corrected chi connectivity index (χ3v) is 5.32. The highest BCUT2D eigenvalue weighted by Gasteiger charge is 2.25. The molecule has 1 unspecified atom stereocenters. The third-order valence-electron chi connectivity index (χ3n) is 3.44. The standard InChI is InChI=1S/C17H24BrNO2S/c1-17(2,3)21-16(20)19-11-4-5-14(10-12-19)22-15-8-6-13(18)7-9-15/h6-9,14H,4-5,10-12H2,1-3H3. The van der Waals surface area contributed by atoms with Crippen LogP contribution in [-0.2, 0) is 4.74 Å². The molecule has 1 atom stereocenters. The van der Waals surface area contributed by atoms with Gasteiger partial charge < -0.3 is 9.64 Å². The first-order valence-electron chi connectivity index (χ1n) is 7.74. The van der Waals surface area contributed by atoms with Gasteiger partial charge in [0.15, 0.2) is 0 Å². The number of likely N-dealkylation sites (tertiary alicyclic amines) is 1. The highest BCUT2D eigenvalue weighted by molar-refractivity contribution is 9.10. The molecule has 2 rings (SSSR count). The Morgan fingerprint density at radius 3 is 2.55 bits per heavy atom. The molecule has 1 aliphatic heterocycles. The van der Waals surface area contributed by atoms with Gasteiger partial charge in [-0.1, -0.05) is 15.9 Å². The Morgan fingerprint density at radius 2 is 1.91 bits per heavy atom. The third kappa shape index (κ3) is 5.84. The lowest BCUT2D eigenvalue weighted by Gasteiger charge is -2.26. The van der Waals surface area contributed by atoms with Crippen LogP contribution in [0, 0.1) is 0 Å². The van der Waals surface area contributed by atoms with Crippen molar-refractivity contribution < 1.29 is 9.53 Å². The summed E-state index contributed by atoms with van der Waals surface area (Å²) in [7, 11) is 0. The SMILES string of the molecule is CC(C)(C)OC(=O)N1CCCC(Sc2ccc(Br)cc2)CC1. The highest BCUT2D eigenvalue weighted by atomic mass is 79.9. The Hall–Kier alpha value is -0.680. The van der Waals surface area contributed by atoms with E-state index in [1.54, 1.807) is 0 Å². The topological polar surface area (TPSA) is 29.5 Å². The smallest absolute Gasteiger partial charge is 0.410 e. The number of hydrogen-bond donors (Lipinski definition) is 0. The average Bonchev–Trinajstić information content (AvgIpc) is 2.65. The molecule has 0 aliphatic carbocycles. The summed E-state index contributed by atoms with van der Waals surface area (Å²) < 4.78 is 6.58. The summed E-state index contributed by atoms with van der Waals surface area (Å²) >= 11 is 5.38. The molecule has 122 valence electrons. The number of benzene rings is 1. The first-order chi connectivity index (χ1) is 10.3. The van der Waals surface area contributed by atoms with Gasteiger partial charge in [0.2, 0.25) is 0 Å². The zero-order chi connectivity index (χ0) is 16.2. The van der Waals surface area contributed by atoms with Gasteiger partial charge in [0.25, 0.3) is 0 Å². The van der Waals surface area contributed by atoms with Crippen LogP contribution in [0.5, 0.6) is 0 Å². The molecular formula is C17H24BrNO2S. The molecule has 1 aromatic rings. The zero-order valence-corrected chi connectivity index (χ0v) is 15.9. The number of halogens is 1. The van der Waals surface area contributed by atoms with Crippen molar-refractivity contribution in [2.24, 2.45) is 0 Å². The zero-order valence-electron chi connectivity index (χ0n) is 13.5. The molecule has 1 heterocycles. The molecule has 0 N–H and O–H groups in total. The van der Waals surface area contributed by atoms with E-state index in [1.165, 1.54) is 4.90 Å². The van der Waals surface area contributed by atoms with Gasteiger partial charge in [0, 0.05) is 27.7 Å². The van der Waals surface area contributed by atoms with Gasteiger partial charge in [0.1, 0.15) is 5.60 Å². The van der Waals surface area contributed by atoms with Crippen LogP contribution in [0.1, 0.15) is 40.0 Å². The van der Waals surface area contributed by atoms with Crippen LogP contribution in [0.2, 0.25) is 0 Å². The lowest BCUT2D eigenvalue weighted by Crippen LogP contribution is -2.37. The van der Waals surface area contributed by atoms with Crippen LogP contribution in [0.4, 0.5) is 4.79 Å². The van der Waals surface area contributed by atoms with Gasteiger partial charge >= 0.3 is 6.09 Å². The monoisotopic (exact) mass is 385 g/mol. The van der Waals surface area contributed by atoms with Crippen molar-refractivity contribution in [2.45, 2.75) is 55.8 Å². The number of nitrogens with zero attached hydrogens (tertiary/aromatic N) is 1. The van der Waals surface area contributed by atoms with E-state index in [0.29, 0.717) is 5.25 Å². The van der Waals surface area contributed by atoms with Crippen molar-refractivity contribution in [3.8, 4) is 0 Å². The molecule has 0 radical (unpaired) electrons. The predicted molar refractivity (Wildman–Crippen MR) is 95.4 cm³/mol. The number of ether oxygens (including phenoxy) is 1. The summed E-state index contributed by atoms with van der Waals surface area (Å²) in [5.41, 5.74) is -0.422. The van der Waals surface area contributed by atoms with Crippen LogP contribution >= 0.6 is 27.7 Å². The number of thioether (sulfide) groups is 1. The van der Waals surface area contributed by atoms with Gasteiger partial charge in [-0.3, -0.25) is 0 Å². The highest BCUT2D eigenvalue weighted by Crippen LogP contribution is 2.31. The first-order valence-corrected chi connectivity index (χ1v) is 9.41. The minimum absolute atomic E-state index is 0.179. The second-order valence-electron chi connectivity index (χ2n) is 6.59. The van der Waals surface area contributed by atoms with Gasteiger partial charge in [-0.25, -0.2) is 4.79 Å². The van der Waals surface area contributed by atoms with Crippen LogP contribution in [0.15, 0.2) is 33.6 Å². The Bertz CT molecular complexity index is 498. The Morgan fingerprint density at radius 1 is 1.23 bits per heavy atom. The van der Waals surface area contributed by atoms with E-state index in [1.807, 2.05) is 37.4 Å². The van der Waals surface area contributed by atoms with Crippen molar-refractivity contribution >= 4 is 33.8 Å². The van der Waals surface area contributed by atoms with Crippen LogP contribution in [0.3, 0.4) is 0 Å². The molecule has 3 nitrogen and oxygen atoms in total. The Labute approximate surface area is 145 Å². The molecule has 0 aromatic heterocycles. The molecule has 0 saturated carbocycles. The van der Waals surface area contributed by atoms with Crippen molar-refractivity contribution in [3.63, 3.8) is 0 Å². The Kier molecular flexibility index (Phi) is 6.21. The quantitative estimate of drug-likeness (QED) is 0.688. The van der Waals surface area contributed by atoms with E-state index in [9.17, 15) is 4.79 Å². The van der Waals surface area contributed by atoms with E-state index >= 15 is 0 Å². The number of rotatable bonds is 2. The van der Waals surface area contributed by atoms with Crippen molar-refractivity contribution in [1.29, 1.82) is 0 Å². The minimum Gasteiger partial charge on any atom is -0.444 e. The maximum Gasteiger partial charge on any atom is 0.410 e. The molecule has 0 bridgehead atoms. The second-order valence-corrected chi connectivity index (χ2v) is 8.88. The lowest BCUT2D eigenvalue weighted by atomic mass is 10.2. The normalized spacial score (nSPS) is 19.6. The van der Waals surface area contributed by atoms with E-state index in [-0.39, 0.29) is 6.09 Å². The summed E-state index contributed by atoms with van der Waals surface area (Å²) in [6.07, 6.45) is 3.01. The summed E-state index contributed by atoms with van der Waals surface area (Å²) in [4.78, 5) is 15.3. The van der Waals surface area contributed by atoms with E-state index in [2.05, 4.69) is 40.2 Å². The second kappa shape index (κ2) is 7.73. The summed E-state index contributed by atoms with van der Waals surface area (Å²) in [6, 6.07) is 8.44. The van der Waals surface area contributed by atoms with Gasteiger partial charge in [-0.2, -0.15) is 0 Å². The van der Waals surface area contributed by atoms with Crippen LogP contribution in [0.25, 0.3) is 0 Å². The molecule has 22 heavy (non-hydrogen) atoms. The Balaban J connectivity index is 1.87. The fourth-order valence-electron chi connectivity index (χ4n) is 2.40. The van der Waals surface area contributed by atoms with Crippen LogP contribution in [-0.4, -0.2) is 34.9 Å². The van der Waals surface area contributed by atoms with E-state index in [4.69, 9.17) is 4.74 Å². The minimum atomic E-state index is -0.422. The molecular weight excluding hydrogens is 362 g/mol. The summed E-state index contributed by atoms with van der Waals surface area (Å²) in [5.74, 6) is 0. The largest absolute Gasteiger partial charge is 0.444 e. The van der Waals surface area contributed by atoms with Crippen molar-refractivity contribution in [2.75, 3.05) is 13.1 Å². The van der Waals surface area contributed by atoms with Crippen molar-refractivity contribution in [1.82, 2.24) is 4.90 Å². The van der Waals surface area contributed by atoms with E-state index < -0.39 is 5.60 Å². The molecule has 1 aliphatic rings. The van der Waals surface area contributed by atoms with Gasteiger partial charge in [0.05, 0.1) is 0 Å². The van der Waals surface area contributed by atoms with Crippen LogP contribution < -0.4 is 0 Å². The summed E-state index contributed by atoms with van der Waals surface area (Å²) in [5, 5.41) is 0.564. The number of carbonyl (C=O) groups excluding carboxylic acids is 1. The number of amides is 1.